The third-order valence-electron chi connectivity index (χ3n) is 3.93. The highest BCUT2D eigenvalue weighted by Gasteiger charge is 2.47. The van der Waals surface area contributed by atoms with Gasteiger partial charge in [0.2, 0.25) is 0 Å². The smallest absolute Gasteiger partial charge is 0.144 e. The van der Waals surface area contributed by atoms with Crippen LogP contribution in [0, 0.1) is 5.41 Å². The number of nitrogens with two attached hydrogens (primary N) is 1. The number of carbonyl (C=O) groups excluding carboxylic acids is 1. The SMILES string of the molecule is NCC1(C(=O)Cc2ccnc3ccccc23)CC1. The summed E-state index contributed by atoms with van der Waals surface area (Å²) in [4.78, 5) is 16.6. The van der Waals surface area contributed by atoms with E-state index >= 15 is 0 Å². The molecule has 0 spiro atoms. The fourth-order valence-electron chi connectivity index (χ4n) is 2.42. The van der Waals surface area contributed by atoms with Gasteiger partial charge in [-0.2, -0.15) is 0 Å². The summed E-state index contributed by atoms with van der Waals surface area (Å²) in [7, 11) is 0. The minimum Gasteiger partial charge on any atom is -0.329 e. The number of para-hydroxylation sites is 1. The molecule has 0 aliphatic heterocycles. The number of hydrogen-bond donors (Lipinski definition) is 1. The van der Waals surface area contributed by atoms with Crippen LogP contribution in [0.1, 0.15) is 18.4 Å². The topological polar surface area (TPSA) is 56.0 Å². The lowest BCUT2D eigenvalue weighted by atomic mass is 9.94. The zero-order valence-corrected chi connectivity index (χ0v) is 10.2. The van der Waals surface area contributed by atoms with Gasteiger partial charge in [-0.05, 0) is 30.5 Å². The molecule has 2 aromatic rings. The van der Waals surface area contributed by atoms with Crippen LogP contribution in [0.3, 0.4) is 0 Å². The Morgan fingerprint density at radius 1 is 1.28 bits per heavy atom. The molecule has 18 heavy (non-hydrogen) atoms. The second kappa shape index (κ2) is 4.18. The van der Waals surface area contributed by atoms with Crippen molar-refractivity contribution in [1.82, 2.24) is 4.98 Å². The van der Waals surface area contributed by atoms with Crippen molar-refractivity contribution >= 4 is 16.7 Å². The maximum absolute atomic E-state index is 12.3. The predicted octanol–water partition coefficient (Wildman–Crippen LogP) is 2.09. The molecule has 1 fully saturated rings. The van der Waals surface area contributed by atoms with Gasteiger partial charge < -0.3 is 5.73 Å². The second-order valence-electron chi connectivity index (χ2n) is 5.07. The van der Waals surface area contributed by atoms with Gasteiger partial charge in [0.1, 0.15) is 5.78 Å². The Balaban J connectivity index is 1.93. The number of benzene rings is 1. The van der Waals surface area contributed by atoms with Crippen molar-refractivity contribution in [1.29, 1.82) is 0 Å². The summed E-state index contributed by atoms with van der Waals surface area (Å²) in [6, 6.07) is 9.87. The summed E-state index contributed by atoms with van der Waals surface area (Å²) in [5.74, 6) is 0.279. The van der Waals surface area contributed by atoms with E-state index in [1.54, 1.807) is 6.20 Å². The third kappa shape index (κ3) is 1.81. The van der Waals surface area contributed by atoms with E-state index in [-0.39, 0.29) is 11.2 Å². The minimum atomic E-state index is -0.218. The van der Waals surface area contributed by atoms with Gasteiger partial charge in [0.05, 0.1) is 5.52 Å². The van der Waals surface area contributed by atoms with Gasteiger partial charge in [-0.3, -0.25) is 9.78 Å². The van der Waals surface area contributed by atoms with E-state index in [9.17, 15) is 4.79 Å². The van der Waals surface area contributed by atoms with Crippen LogP contribution in [0.2, 0.25) is 0 Å². The molecule has 1 aliphatic rings. The number of nitrogens with zero attached hydrogens (tertiary/aromatic N) is 1. The zero-order valence-electron chi connectivity index (χ0n) is 10.2. The molecule has 0 saturated heterocycles. The van der Waals surface area contributed by atoms with Crippen molar-refractivity contribution in [2.75, 3.05) is 6.54 Å². The number of fused-ring (bicyclic) bond motifs is 1. The van der Waals surface area contributed by atoms with Crippen LogP contribution in [0.4, 0.5) is 0 Å². The Kier molecular flexibility index (Phi) is 2.63. The molecule has 3 nitrogen and oxygen atoms in total. The van der Waals surface area contributed by atoms with Crippen molar-refractivity contribution in [2.24, 2.45) is 11.1 Å². The fraction of sp³-hybridized carbons (Fsp3) is 0.333. The van der Waals surface area contributed by atoms with E-state index in [4.69, 9.17) is 5.73 Å². The number of carbonyl (C=O) groups is 1. The van der Waals surface area contributed by atoms with Gasteiger partial charge in [0.25, 0.3) is 0 Å². The highest BCUT2D eigenvalue weighted by Crippen LogP contribution is 2.46. The normalized spacial score (nSPS) is 16.7. The van der Waals surface area contributed by atoms with Crippen LogP contribution >= 0.6 is 0 Å². The molecule has 1 aromatic carbocycles. The number of rotatable bonds is 4. The molecule has 3 rings (SSSR count). The molecule has 1 aliphatic carbocycles. The molecule has 2 N–H and O–H groups in total. The van der Waals surface area contributed by atoms with Crippen molar-refractivity contribution < 1.29 is 4.79 Å². The van der Waals surface area contributed by atoms with Crippen molar-refractivity contribution in [3.05, 3.63) is 42.1 Å². The largest absolute Gasteiger partial charge is 0.329 e. The molecule has 0 atom stereocenters. The molecular formula is C15H16N2O. The first kappa shape index (κ1) is 11.4. The average Bonchev–Trinajstić information content (AvgIpc) is 3.20. The van der Waals surface area contributed by atoms with Crippen molar-refractivity contribution in [3.63, 3.8) is 0 Å². The lowest BCUT2D eigenvalue weighted by Gasteiger charge is -2.12. The molecule has 0 radical (unpaired) electrons. The summed E-state index contributed by atoms with van der Waals surface area (Å²) >= 11 is 0. The van der Waals surface area contributed by atoms with E-state index in [1.165, 1.54) is 0 Å². The number of Topliss-reactive ketones (excluding diaryl/α,β-unsaturated/α-hetero) is 1. The number of aromatic nitrogens is 1. The van der Waals surface area contributed by atoms with Crippen molar-refractivity contribution in [3.8, 4) is 0 Å². The Morgan fingerprint density at radius 3 is 2.78 bits per heavy atom. The van der Waals surface area contributed by atoms with Crippen LogP contribution < -0.4 is 5.73 Å². The molecule has 0 bridgehead atoms. The molecule has 0 amide bonds. The van der Waals surface area contributed by atoms with E-state index in [1.807, 2.05) is 30.3 Å². The maximum atomic E-state index is 12.3. The van der Waals surface area contributed by atoms with Gasteiger partial charge in [-0.1, -0.05) is 18.2 Å². The Hall–Kier alpha value is -1.74. The summed E-state index contributed by atoms with van der Waals surface area (Å²) in [5.41, 5.74) is 7.49. The first-order valence-corrected chi connectivity index (χ1v) is 6.31. The van der Waals surface area contributed by atoms with Gasteiger partial charge in [0.15, 0.2) is 0 Å². The Morgan fingerprint density at radius 2 is 2.06 bits per heavy atom. The van der Waals surface area contributed by atoms with E-state index in [2.05, 4.69) is 4.98 Å². The maximum Gasteiger partial charge on any atom is 0.144 e. The number of pyridine rings is 1. The second-order valence-corrected chi connectivity index (χ2v) is 5.07. The predicted molar refractivity (Wildman–Crippen MR) is 71.2 cm³/mol. The molecule has 92 valence electrons. The molecule has 1 aromatic heterocycles. The summed E-state index contributed by atoms with van der Waals surface area (Å²) in [6.07, 6.45) is 4.14. The minimum absolute atomic E-state index is 0.218. The summed E-state index contributed by atoms with van der Waals surface area (Å²) in [5, 5.41) is 1.07. The first-order chi connectivity index (χ1) is 8.75. The lowest BCUT2D eigenvalue weighted by molar-refractivity contribution is -0.123. The molecule has 1 heterocycles. The summed E-state index contributed by atoms with van der Waals surface area (Å²) in [6.45, 7) is 0.481. The summed E-state index contributed by atoms with van der Waals surface area (Å²) < 4.78 is 0. The van der Waals surface area contributed by atoms with Gasteiger partial charge in [-0.25, -0.2) is 0 Å². The van der Waals surface area contributed by atoms with Gasteiger partial charge in [-0.15, -0.1) is 0 Å². The zero-order chi connectivity index (χ0) is 12.6. The van der Waals surface area contributed by atoms with E-state index in [0.29, 0.717) is 13.0 Å². The molecular weight excluding hydrogens is 224 g/mol. The van der Waals surface area contributed by atoms with Crippen LogP contribution in [0.5, 0.6) is 0 Å². The quantitative estimate of drug-likeness (QED) is 0.890. The van der Waals surface area contributed by atoms with Crippen LogP contribution in [-0.2, 0) is 11.2 Å². The van der Waals surface area contributed by atoms with Gasteiger partial charge >= 0.3 is 0 Å². The Bertz CT molecular complexity index is 597. The number of hydrogen-bond acceptors (Lipinski definition) is 3. The Labute approximate surface area is 106 Å². The fourth-order valence-corrected chi connectivity index (χ4v) is 2.42. The van der Waals surface area contributed by atoms with Crippen LogP contribution in [0.25, 0.3) is 10.9 Å². The van der Waals surface area contributed by atoms with Crippen molar-refractivity contribution in [2.45, 2.75) is 19.3 Å². The number of ketones is 1. The molecule has 0 unspecified atom stereocenters. The monoisotopic (exact) mass is 240 g/mol. The lowest BCUT2D eigenvalue weighted by Crippen LogP contribution is -2.26. The first-order valence-electron chi connectivity index (χ1n) is 6.31. The highest BCUT2D eigenvalue weighted by atomic mass is 16.1. The van der Waals surface area contributed by atoms with Crippen LogP contribution in [0.15, 0.2) is 36.5 Å². The van der Waals surface area contributed by atoms with E-state index < -0.39 is 0 Å². The molecule has 3 heteroatoms. The average molecular weight is 240 g/mol. The van der Waals surface area contributed by atoms with E-state index in [0.717, 1.165) is 29.3 Å². The standard InChI is InChI=1S/C15H16N2O/c16-10-15(6-7-15)14(18)9-11-5-8-17-13-4-2-1-3-12(11)13/h1-5,8H,6-7,9-10,16H2. The highest BCUT2D eigenvalue weighted by molar-refractivity contribution is 5.93. The van der Waals surface area contributed by atoms with Crippen LogP contribution in [-0.4, -0.2) is 17.3 Å². The van der Waals surface area contributed by atoms with Gasteiger partial charge in [0, 0.05) is 30.0 Å². The molecule has 1 saturated carbocycles. The third-order valence-corrected chi connectivity index (χ3v) is 3.93.